The van der Waals surface area contributed by atoms with Crippen molar-refractivity contribution in [2.45, 2.75) is 20.8 Å². The summed E-state index contributed by atoms with van der Waals surface area (Å²) in [4.78, 5) is 7.22. The largest absolute Gasteiger partial charge is 0.354 e. The van der Waals surface area contributed by atoms with Gasteiger partial charge in [0, 0.05) is 38.1 Å². The van der Waals surface area contributed by atoms with Crippen LogP contribution in [0.3, 0.4) is 0 Å². The van der Waals surface area contributed by atoms with E-state index in [9.17, 15) is 0 Å². The van der Waals surface area contributed by atoms with Crippen molar-refractivity contribution in [1.29, 1.82) is 0 Å². The summed E-state index contributed by atoms with van der Waals surface area (Å²) < 4.78 is 0. The van der Waals surface area contributed by atoms with E-state index in [1.165, 1.54) is 60.3 Å². The molecule has 0 saturated carbocycles. The van der Waals surface area contributed by atoms with Crippen LogP contribution in [0.15, 0.2) is 42.5 Å². The van der Waals surface area contributed by atoms with Crippen LogP contribution in [0.5, 0.6) is 0 Å². The van der Waals surface area contributed by atoms with Gasteiger partial charge in [-0.3, -0.25) is 0 Å². The summed E-state index contributed by atoms with van der Waals surface area (Å²) in [7, 11) is 0. The van der Waals surface area contributed by atoms with Crippen LogP contribution in [-0.4, -0.2) is 9.97 Å². The average Bonchev–Trinajstić information content (AvgIpc) is 3.07. The second-order valence-electron chi connectivity index (χ2n) is 6.62. The van der Waals surface area contributed by atoms with E-state index in [-0.39, 0.29) is 0 Å². The number of H-pyrrole nitrogens is 2. The molecule has 5 rings (SSSR count). The number of fused-ring (bicyclic) bond motifs is 6. The van der Waals surface area contributed by atoms with E-state index in [0.29, 0.717) is 0 Å². The first-order valence-electron chi connectivity index (χ1n) is 8.06. The Balaban J connectivity index is 2.05. The molecular weight excluding hydrogens is 280 g/mol. The Hall–Kier alpha value is -2.74. The van der Waals surface area contributed by atoms with Crippen LogP contribution in [-0.2, 0) is 0 Å². The summed E-state index contributed by atoms with van der Waals surface area (Å²) in [5, 5.41) is 5.24. The van der Waals surface area contributed by atoms with Crippen molar-refractivity contribution in [2.24, 2.45) is 0 Å². The number of para-hydroxylation sites is 1. The molecule has 0 fully saturated rings. The molecule has 0 spiro atoms. The number of aryl methyl sites for hydroxylation is 3. The van der Waals surface area contributed by atoms with Gasteiger partial charge in [0.15, 0.2) is 0 Å². The number of rotatable bonds is 0. The molecule has 0 amide bonds. The monoisotopic (exact) mass is 298 g/mol. The van der Waals surface area contributed by atoms with Crippen molar-refractivity contribution in [3.63, 3.8) is 0 Å². The Kier molecular flexibility index (Phi) is 2.31. The molecule has 0 aliphatic heterocycles. The molecule has 0 saturated heterocycles. The maximum Gasteiger partial charge on any atom is 0.0502 e. The summed E-state index contributed by atoms with van der Waals surface area (Å²) >= 11 is 0. The molecule has 2 aromatic heterocycles. The van der Waals surface area contributed by atoms with Crippen molar-refractivity contribution >= 4 is 43.6 Å². The minimum Gasteiger partial charge on any atom is -0.354 e. The summed E-state index contributed by atoms with van der Waals surface area (Å²) in [6.45, 7) is 6.58. The highest BCUT2D eigenvalue weighted by molar-refractivity contribution is 6.19. The molecule has 0 radical (unpaired) electrons. The van der Waals surface area contributed by atoms with Gasteiger partial charge in [-0.15, -0.1) is 0 Å². The zero-order valence-electron chi connectivity index (χ0n) is 13.5. The van der Waals surface area contributed by atoms with Crippen molar-refractivity contribution in [3.8, 4) is 0 Å². The second-order valence-corrected chi connectivity index (χ2v) is 6.62. The quantitative estimate of drug-likeness (QED) is 0.358. The van der Waals surface area contributed by atoms with Crippen LogP contribution in [0, 0.1) is 20.8 Å². The topological polar surface area (TPSA) is 31.6 Å². The fraction of sp³-hybridized carbons (Fsp3) is 0.143. The maximum atomic E-state index is 3.65. The van der Waals surface area contributed by atoms with Gasteiger partial charge in [0.2, 0.25) is 0 Å². The molecule has 0 bridgehead atoms. The van der Waals surface area contributed by atoms with Crippen LogP contribution >= 0.6 is 0 Å². The van der Waals surface area contributed by atoms with E-state index in [1.807, 2.05) is 0 Å². The summed E-state index contributed by atoms with van der Waals surface area (Å²) in [6.07, 6.45) is 0. The molecule has 2 heteroatoms. The standard InChI is InChI=1S/C21H18N2/c1-11-8-15-16-10-19-20(14-6-4-5-7-17(14)22-19)13(3)21(16)23-18(15)9-12(11)2/h4-10,22-23H,1-3H3. The molecule has 23 heavy (non-hydrogen) atoms. The third-order valence-electron chi connectivity index (χ3n) is 5.23. The molecule has 3 aromatic carbocycles. The fourth-order valence-electron chi connectivity index (χ4n) is 3.87. The van der Waals surface area contributed by atoms with Crippen molar-refractivity contribution in [2.75, 3.05) is 0 Å². The van der Waals surface area contributed by atoms with E-state index in [2.05, 4.69) is 73.2 Å². The Labute approximate surface area is 134 Å². The summed E-state index contributed by atoms with van der Waals surface area (Å²) in [5.74, 6) is 0. The SMILES string of the molecule is Cc1cc2[nH]c3c(C)c4c(cc3c2cc1C)[nH]c1ccccc14. The average molecular weight is 298 g/mol. The fourth-order valence-corrected chi connectivity index (χ4v) is 3.87. The third-order valence-corrected chi connectivity index (χ3v) is 5.23. The van der Waals surface area contributed by atoms with E-state index in [1.54, 1.807) is 0 Å². The van der Waals surface area contributed by atoms with Gasteiger partial charge in [-0.1, -0.05) is 18.2 Å². The lowest BCUT2D eigenvalue weighted by atomic mass is 10.0. The van der Waals surface area contributed by atoms with Gasteiger partial charge in [-0.05, 0) is 61.7 Å². The number of benzene rings is 3. The summed E-state index contributed by atoms with van der Waals surface area (Å²) in [5.41, 5.74) is 8.89. The van der Waals surface area contributed by atoms with E-state index in [0.717, 1.165) is 0 Å². The van der Waals surface area contributed by atoms with Gasteiger partial charge >= 0.3 is 0 Å². The smallest absolute Gasteiger partial charge is 0.0502 e. The van der Waals surface area contributed by atoms with Crippen molar-refractivity contribution < 1.29 is 0 Å². The maximum absolute atomic E-state index is 3.65. The molecule has 0 aliphatic carbocycles. The first-order valence-corrected chi connectivity index (χ1v) is 8.06. The molecule has 112 valence electrons. The highest BCUT2D eigenvalue weighted by atomic mass is 14.7. The lowest BCUT2D eigenvalue weighted by Crippen LogP contribution is -1.79. The number of hydrogen-bond donors (Lipinski definition) is 2. The molecule has 5 aromatic rings. The van der Waals surface area contributed by atoms with Gasteiger partial charge in [-0.25, -0.2) is 0 Å². The van der Waals surface area contributed by atoms with Gasteiger partial charge in [0.05, 0.1) is 5.52 Å². The Bertz CT molecular complexity index is 1240. The third kappa shape index (κ3) is 1.58. The predicted octanol–water partition coefficient (Wildman–Crippen LogP) is 5.88. The highest BCUT2D eigenvalue weighted by Gasteiger charge is 2.14. The predicted molar refractivity (Wildman–Crippen MR) is 99.4 cm³/mol. The molecule has 2 nitrogen and oxygen atoms in total. The lowest BCUT2D eigenvalue weighted by Gasteiger charge is -2.01. The highest BCUT2D eigenvalue weighted by Crippen LogP contribution is 2.36. The number of aromatic nitrogens is 2. The molecule has 0 atom stereocenters. The first kappa shape index (κ1) is 12.8. The van der Waals surface area contributed by atoms with Crippen LogP contribution in [0.4, 0.5) is 0 Å². The minimum absolute atomic E-state index is 1.20. The summed E-state index contributed by atoms with van der Waals surface area (Å²) in [6, 6.07) is 15.4. The Morgan fingerprint density at radius 1 is 0.652 bits per heavy atom. The van der Waals surface area contributed by atoms with Gasteiger partial charge in [0.25, 0.3) is 0 Å². The van der Waals surface area contributed by atoms with Crippen LogP contribution < -0.4 is 0 Å². The number of nitrogens with one attached hydrogen (secondary N) is 2. The zero-order valence-corrected chi connectivity index (χ0v) is 13.5. The molecule has 2 N–H and O–H groups in total. The van der Waals surface area contributed by atoms with Gasteiger partial charge in [-0.2, -0.15) is 0 Å². The van der Waals surface area contributed by atoms with Crippen LogP contribution in [0.25, 0.3) is 43.6 Å². The minimum atomic E-state index is 1.20. The van der Waals surface area contributed by atoms with Crippen molar-refractivity contribution in [3.05, 3.63) is 59.2 Å². The van der Waals surface area contributed by atoms with Gasteiger partial charge in [0.1, 0.15) is 0 Å². The molecule has 2 heterocycles. The first-order chi connectivity index (χ1) is 11.1. The van der Waals surface area contributed by atoms with Crippen molar-refractivity contribution in [1.82, 2.24) is 9.97 Å². The van der Waals surface area contributed by atoms with Crippen LogP contribution in [0.2, 0.25) is 0 Å². The number of aromatic amines is 2. The Morgan fingerprint density at radius 3 is 2.30 bits per heavy atom. The molecule has 0 aliphatic rings. The molecule has 0 unspecified atom stereocenters. The molecular formula is C21H18N2. The lowest BCUT2D eigenvalue weighted by molar-refractivity contribution is 1.36. The van der Waals surface area contributed by atoms with Crippen LogP contribution in [0.1, 0.15) is 16.7 Å². The Morgan fingerprint density at radius 2 is 1.43 bits per heavy atom. The van der Waals surface area contributed by atoms with Gasteiger partial charge < -0.3 is 9.97 Å². The van der Waals surface area contributed by atoms with E-state index >= 15 is 0 Å². The normalized spacial score (nSPS) is 12.1. The number of hydrogen-bond acceptors (Lipinski definition) is 0. The second kappa shape index (κ2) is 4.17. The van der Waals surface area contributed by atoms with E-state index in [4.69, 9.17) is 0 Å². The van der Waals surface area contributed by atoms with E-state index < -0.39 is 0 Å². The zero-order chi connectivity index (χ0) is 15.7.